The second-order valence-electron chi connectivity index (χ2n) is 5.12. The van der Waals surface area contributed by atoms with Crippen LogP contribution in [0.15, 0.2) is 40.9 Å². The first-order valence-electron chi connectivity index (χ1n) is 6.92. The van der Waals surface area contributed by atoms with E-state index < -0.39 is 4.92 Å². The molecule has 0 radical (unpaired) electrons. The van der Waals surface area contributed by atoms with Crippen LogP contribution in [0, 0.1) is 24.0 Å². The van der Waals surface area contributed by atoms with Crippen molar-refractivity contribution in [2.75, 3.05) is 17.2 Å². The molecule has 0 aliphatic rings. The minimum atomic E-state index is -0.463. The summed E-state index contributed by atoms with van der Waals surface area (Å²) in [4.78, 5) is 22.3. The van der Waals surface area contributed by atoms with Crippen LogP contribution in [0.5, 0.6) is 0 Å². The molecule has 0 spiro atoms. The molecule has 2 aromatic rings. The van der Waals surface area contributed by atoms with Gasteiger partial charge in [-0.1, -0.05) is 22.0 Å². The van der Waals surface area contributed by atoms with E-state index in [0.29, 0.717) is 11.4 Å². The minimum Gasteiger partial charge on any atom is -0.376 e. The Balaban J connectivity index is 2.00. The highest BCUT2D eigenvalue weighted by molar-refractivity contribution is 9.10. The minimum absolute atomic E-state index is 0.0120. The lowest BCUT2D eigenvalue weighted by Crippen LogP contribution is -2.22. The standard InChI is InChI=1S/C16H16BrN3O3/c1-10-3-5-13(20(22)23)8-15(10)18-9-16(21)19-12-4-6-14(17)11(2)7-12/h3-8,18H,9H2,1-2H3,(H,19,21). The van der Waals surface area contributed by atoms with Gasteiger partial charge in [-0.15, -0.1) is 0 Å². The van der Waals surface area contributed by atoms with Gasteiger partial charge in [0.25, 0.3) is 5.69 Å². The summed E-state index contributed by atoms with van der Waals surface area (Å²) < 4.78 is 0.973. The number of nitro groups is 1. The van der Waals surface area contributed by atoms with E-state index in [2.05, 4.69) is 26.6 Å². The molecule has 0 saturated carbocycles. The number of nitrogens with zero attached hydrogens (tertiary/aromatic N) is 1. The average molecular weight is 378 g/mol. The fraction of sp³-hybridized carbons (Fsp3) is 0.188. The lowest BCUT2D eigenvalue weighted by molar-refractivity contribution is -0.384. The highest BCUT2D eigenvalue weighted by Crippen LogP contribution is 2.22. The lowest BCUT2D eigenvalue weighted by atomic mass is 10.2. The quantitative estimate of drug-likeness (QED) is 0.608. The second kappa shape index (κ2) is 7.23. The van der Waals surface area contributed by atoms with Crippen LogP contribution >= 0.6 is 15.9 Å². The highest BCUT2D eigenvalue weighted by atomic mass is 79.9. The number of amides is 1. The maximum absolute atomic E-state index is 12.0. The van der Waals surface area contributed by atoms with Crippen LogP contribution in [-0.2, 0) is 4.79 Å². The Bertz CT molecular complexity index is 762. The van der Waals surface area contributed by atoms with Gasteiger partial charge in [-0.25, -0.2) is 0 Å². The van der Waals surface area contributed by atoms with Crippen molar-refractivity contribution in [3.63, 3.8) is 0 Å². The molecule has 0 bridgehead atoms. The van der Waals surface area contributed by atoms with Crippen LogP contribution in [0.3, 0.4) is 0 Å². The number of rotatable bonds is 5. The zero-order chi connectivity index (χ0) is 17.0. The molecule has 0 fully saturated rings. The van der Waals surface area contributed by atoms with E-state index in [-0.39, 0.29) is 18.1 Å². The first kappa shape index (κ1) is 17.0. The zero-order valence-corrected chi connectivity index (χ0v) is 14.3. The number of hydrogen-bond acceptors (Lipinski definition) is 4. The van der Waals surface area contributed by atoms with Crippen LogP contribution in [0.1, 0.15) is 11.1 Å². The fourth-order valence-corrected chi connectivity index (χ4v) is 2.26. The lowest BCUT2D eigenvalue weighted by Gasteiger charge is -2.10. The first-order chi connectivity index (χ1) is 10.9. The molecule has 2 N–H and O–H groups in total. The number of non-ortho nitro benzene ring substituents is 1. The third kappa shape index (κ3) is 4.53. The van der Waals surface area contributed by atoms with Gasteiger partial charge >= 0.3 is 0 Å². The maximum Gasteiger partial charge on any atom is 0.271 e. The molecular weight excluding hydrogens is 362 g/mol. The largest absolute Gasteiger partial charge is 0.376 e. The van der Waals surface area contributed by atoms with Crippen LogP contribution in [0.2, 0.25) is 0 Å². The number of nitro benzene ring substituents is 1. The summed E-state index contributed by atoms with van der Waals surface area (Å²) >= 11 is 3.40. The number of carbonyl (C=O) groups excluding carboxylic acids is 1. The van der Waals surface area contributed by atoms with E-state index in [0.717, 1.165) is 15.6 Å². The van der Waals surface area contributed by atoms with Gasteiger partial charge in [-0.2, -0.15) is 0 Å². The summed E-state index contributed by atoms with van der Waals surface area (Å²) in [5.74, 6) is -0.224. The van der Waals surface area contributed by atoms with Crippen molar-refractivity contribution in [1.29, 1.82) is 0 Å². The van der Waals surface area contributed by atoms with Crippen molar-refractivity contribution in [2.24, 2.45) is 0 Å². The summed E-state index contributed by atoms with van der Waals surface area (Å²) in [5, 5.41) is 16.5. The predicted molar refractivity (Wildman–Crippen MR) is 93.8 cm³/mol. The number of halogens is 1. The molecule has 0 aliphatic carbocycles. The zero-order valence-electron chi connectivity index (χ0n) is 12.7. The van der Waals surface area contributed by atoms with Crippen molar-refractivity contribution in [3.8, 4) is 0 Å². The van der Waals surface area contributed by atoms with Crippen LogP contribution in [0.4, 0.5) is 17.1 Å². The van der Waals surface area contributed by atoms with Crippen LogP contribution in [-0.4, -0.2) is 17.4 Å². The molecule has 0 unspecified atom stereocenters. The Morgan fingerprint density at radius 3 is 2.57 bits per heavy atom. The molecule has 7 heteroatoms. The molecule has 23 heavy (non-hydrogen) atoms. The van der Waals surface area contributed by atoms with E-state index in [1.54, 1.807) is 12.1 Å². The predicted octanol–water partition coefficient (Wildman–Crippen LogP) is 4.02. The first-order valence-corrected chi connectivity index (χ1v) is 7.71. The number of carbonyl (C=O) groups is 1. The number of hydrogen-bond donors (Lipinski definition) is 2. The Morgan fingerprint density at radius 2 is 1.91 bits per heavy atom. The normalized spacial score (nSPS) is 10.2. The molecule has 1 amide bonds. The Labute approximate surface area is 142 Å². The topological polar surface area (TPSA) is 84.3 Å². The molecular formula is C16H16BrN3O3. The summed E-state index contributed by atoms with van der Waals surface area (Å²) in [5.41, 5.74) is 3.12. The number of nitrogens with one attached hydrogen (secondary N) is 2. The van der Waals surface area contributed by atoms with Gasteiger partial charge < -0.3 is 10.6 Å². The van der Waals surface area contributed by atoms with Crippen molar-refractivity contribution in [2.45, 2.75) is 13.8 Å². The van der Waals surface area contributed by atoms with E-state index in [1.165, 1.54) is 12.1 Å². The Kier molecular flexibility index (Phi) is 5.33. The monoisotopic (exact) mass is 377 g/mol. The number of benzene rings is 2. The molecule has 6 nitrogen and oxygen atoms in total. The van der Waals surface area contributed by atoms with Gasteiger partial charge in [-0.05, 0) is 43.2 Å². The summed E-state index contributed by atoms with van der Waals surface area (Å²) in [7, 11) is 0. The highest BCUT2D eigenvalue weighted by Gasteiger charge is 2.10. The Hall–Kier alpha value is -2.41. The second-order valence-corrected chi connectivity index (χ2v) is 5.98. The molecule has 0 saturated heterocycles. The van der Waals surface area contributed by atoms with Gasteiger partial charge in [0.15, 0.2) is 0 Å². The molecule has 2 aromatic carbocycles. The van der Waals surface area contributed by atoms with Gasteiger partial charge in [0.05, 0.1) is 11.5 Å². The maximum atomic E-state index is 12.0. The van der Waals surface area contributed by atoms with E-state index >= 15 is 0 Å². The third-order valence-electron chi connectivity index (χ3n) is 3.31. The van der Waals surface area contributed by atoms with Gasteiger partial charge in [-0.3, -0.25) is 14.9 Å². The summed E-state index contributed by atoms with van der Waals surface area (Å²) in [6.45, 7) is 3.78. The molecule has 0 atom stereocenters. The van der Waals surface area contributed by atoms with Gasteiger partial charge in [0.1, 0.15) is 0 Å². The SMILES string of the molecule is Cc1cc(NC(=O)CNc2cc([N+](=O)[O-])ccc2C)ccc1Br. The molecule has 120 valence electrons. The van der Waals surface area contributed by atoms with Crippen molar-refractivity contribution in [3.05, 3.63) is 62.1 Å². The van der Waals surface area contributed by atoms with E-state index in [4.69, 9.17) is 0 Å². The van der Waals surface area contributed by atoms with Crippen molar-refractivity contribution < 1.29 is 9.72 Å². The van der Waals surface area contributed by atoms with Crippen LogP contribution in [0.25, 0.3) is 0 Å². The number of anilines is 2. The van der Waals surface area contributed by atoms with Crippen molar-refractivity contribution in [1.82, 2.24) is 0 Å². The van der Waals surface area contributed by atoms with Crippen LogP contribution < -0.4 is 10.6 Å². The third-order valence-corrected chi connectivity index (χ3v) is 4.20. The molecule has 0 aromatic heterocycles. The molecule has 0 aliphatic heterocycles. The van der Waals surface area contributed by atoms with E-state index in [1.807, 2.05) is 26.0 Å². The summed E-state index contributed by atoms with van der Waals surface area (Å²) in [6.07, 6.45) is 0. The smallest absolute Gasteiger partial charge is 0.271 e. The van der Waals surface area contributed by atoms with Gasteiger partial charge in [0.2, 0.25) is 5.91 Å². The Morgan fingerprint density at radius 1 is 1.17 bits per heavy atom. The molecule has 0 heterocycles. The summed E-state index contributed by atoms with van der Waals surface area (Å²) in [6, 6.07) is 10.0. The number of aryl methyl sites for hydroxylation is 2. The molecule has 2 rings (SSSR count). The van der Waals surface area contributed by atoms with E-state index in [9.17, 15) is 14.9 Å². The van der Waals surface area contributed by atoms with Crippen molar-refractivity contribution >= 4 is 38.9 Å². The van der Waals surface area contributed by atoms with Gasteiger partial charge in [0, 0.05) is 28.0 Å². The average Bonchev–Trinajstić information content (AvgIpc) is 2.50. The fourth-order valence-electron chi connectivity index (χ4n) is 2.02.